The number of hydrogen-bond acceptors (Lipinski definition) is 6. The molecule has 1 amide bonds. The van der Waals surface area contributed by atoms with E-state index in [0.29, 0.717) is 25.2 Å². The Hall–Kier alpha value is -0.990. The lowest BCUT2D eigenvalue weighted by molar-refractivity contribution is -0.150. The SMILES string of the molecule is CC1CCC(O)(C(CC(O)C(N)Cc2cccs2)C(=O)NO)CC1. The van der Waals surface area contributed by atoms with Gasteiger partial charge >= 0.3 is 0 Å². The lowest BCUT2D eigenvalue weighted by Gasteiger charge is -2.41. The van der Waals surface area contributed by atoms with E-state index in [1.165, 1.54) is 0 Å². The molecule has 1 fully saturated rings. The summed E-state index contributed by atoms with van der Waals surface area (Å²) >= 11 is 1.57. The quantitative estimate of drug-likeness (QED) is 0.374. The summed E-state index contributed by atoms with van der Waals surface area (Å²) in [6, 6.07) is 3.35. The summed E-state index contributed by atoms with van der Waals surface area (Å²) in [5.41, 5.74) is 6.51. The summed E-state index contributed by atoms with van der Waals surface area (Å²) in [5, 5.41) is 32.3. The maximum absolute atomic E-state index is 12.1. The highest BCUT2D eigenvalue weighted by atomic mass is 32.1. The highest BCUT2D eigenvalue weighted by molar-refractivity contribution is 7.09. The Labute approximate surface area is 146 Å². The van der Waals surface area contributed by atoms with E-state index < -0.39 is 29.6 Å². The molecule has 24 heavy (non-hydrogen) atoms. The fourth-order valence-corrected chi connectivity index (χ4v) is 4.25. The highest BCUT2D eigenvalue weighted by Crippen LogP contribution is 2.39. The molecule has 0 bridgehead atoms. The van der Waals surface area contributed by atoms with E-state index in [1.54, 1.807) is 16.8 Å². The molecule has 1 heterocycles. The molecule has 6 nitrogen and oxygen atoms in total. The molecule has 1 aliphatic rings. The maximum Gasteiger partial charge on any atom is 0.249 e. The van der Waals surface area contributed by atoms with Gasteiger partial charge in [0.1, 0.15) is 0 Å². The third-order valence-electron chi connectivity index (χ3n) is 5.20. The molecule has 1 aliphatic carbocycles. The van der Waals surface area contributed by atoms with Crippen molar-refractivity contribution in [1.29, 1.82) is 0 Å². The van der Waals surface area contributed by atoms with Crippen LogP contribution in [0.1, 0.15) is 43.9 Å². The minimum Gasteiger partial charge on any atom is -0.391 e. The topological polar surface area (TPSA) is 116 Å². The second-order valence-electron chi connectivity index (χ2n) is 7.07. The number of carbonyl (C=O) groups is 1. The Kier molecular flexibility index (Phi) is 6.77. The van der Waals surface area contributed by atoms with Gasteiger partial charge in [-0.1, -0.05) is 13.0 Å². The standard InChI is InChI=1S/C17H28N2O4S/c1-11-4-6-17(22,7-5-11)13(16(21)19-23)10-15(20)14(18)9-12-3-2-8-24-12/h2-3,8,11,13-15,20,22-23H,4-7,9-10,18H2,1H3,(H,19,21). The molecule has 1 saturated carbocycles. The van der Waals surface area contributed by atoms with Crippen molar-refractivity contribution in [2.24, 2.45) is 17.6 Å². The zero-order valence-electron chi connectivity index (χ0n) is 14.0. The molecule has 7 heteroatoms. The van der Waals surface area contributed by atoms with Crippen molar-refractivity contribution in [2.75, 3.05) is 0 Å². The van der Waals surface area contributed by atoms with Gasteiger partial charge in [0, 0.05) is 10.9 Å². The summed E-state index contributed by atoms with van der Waals surface area (Å²) in [6.07, 6.45) is 2.23. The predicted octanol–water partition coefficient (Wildman–Crippen LogP) is 1.43. The largest absolute Gasteiger partial charge is 0.391 e. The second-order valence-corrected chi connectivity index (χ2v) is 8.10. The van der Waals surface area contributed by atoms with Crippen molar-refractivity contribution in [3.63, 3.8) is 0 Å². The van der Waals surface area contributed by atoms with Gasteiger partial charge in [0.05, 0.1) is 17.6 Å². The number of carbonyl (C=O) groups excluding carboxylic acids is 1. The Morgan fingerprint density at radius 3 is 2.71 bits per heavy atom. The summed E-state index contributed by atoms with van der Waals surface area (Å²) in [5.74, 6) is -1.03. The molecule has 136 valence electrons. The number of nitrogens with one attached hydrogen (secondary N) is 1. The average Bonchev–Trinajstić information content (AvgIpc) is 3.07. The maximum atomic E-state index is 12.1. The molecule has 0 aromatic carbocycles. The highest BCUT2D eigenvalue weighted by Gasteiger charge is 2.44. The van der Waals surface area contributed by atoms with Gasteiger partial charge in [-0.15, -0.1) is 11.3 Å². The Morgan fingerprint density at radius 1 is 1.50 bits per heavy atom. The number of rotatable bonds is 7. The Bertz CT molecular complexity index is 515. The van der Waals surface area contributed by atoms with Crippen LogP contribution in [0.15, 0.2) is 17.5 Å². The summed E-state index contributed by atoms with van der Waals surface area (Å²) < 4.78 is 0. The lowest BCUT2D eigenvalue weighted by Crippen LogP contribution is -2.51. The van der Waals surface area contributed by atoms with Crippen molar-refractivity contribution in [1.82, 2.24) is 5.48 Å². The van der Waals surface area contributed by atoms with Gasteiger partial charge in [-0.05, 0) is 55.9 Å². The number of hydrogen-bond donors (Lipinski definition) is 5. The van der Waals surface area contributed by atoms with Crippen LogP contribution in [0.2, 0.25) is 0 Å². The average molecular weight is 356 g/mol. The first-order valence-corrected chi connectivity index (χ1v) is 9.36. The van der Waals surface area contributed by atoms with E-state index in [4.69, 9.17) is 10.9 Å². The number of nitrogens with two attached hydrogens (primary N) is 1. The second kappa shape index (κ2) is 8.40. The van der Waals surface area contributed by atoms with Crippen LogP contribution >= 0.6 is 11.3 Å². The molecule has 1 aromatic heterocycles. The van der Waals surface area contributed by atoms with Crippen molar-refractivity contribution in [2.45, 2.75) is 63.2 Å². The molecule has 0 saturated heterocycles. The van der Waals surface area contributed by atoms with E-state index in [-0.39, 0.29) is 6.42 Å². The first-order chi connectivity index (χ1) is 11.4. The van der Waals surface area contributed by atoms with Crippen LogP contribution in [0.25, 0.3) is 0 Å². The van der Waals surface area contributed by atoms with E-state index >= 15 is 0 Å². The molecule has 2 rings (SSSR count). The lowest BCUT2D eigenvalue weighted by atomic mass is 9.70. The van der Waals surface area contributed by atoms with Gasteiger partial charge < -0.3 is 15.9 Å². The monoisotopic (exact) mass is 356 g/mol. The van der Waals surface area contributed by atoms with Crippen molar-refractivity contribution in [3.05, 3.63) is 22.4 Å². The van der Waals surface area contributed by atoms with Gasteiger partial charge in [0.2, 0.25) is 5.91 Å². The van der Waals surface area contributed by atoms with Crippen LogP contribution in [0.3, 0.4) is 0 Å². The molecule has 6 N–H and O–H groups in total. The zero-order chi connectivity index (χ0) is 17.7. The summed E-state index contributed by atoms with van der Waals surface area (Å²) in [4.78, 5) is 13.2. The van der Waals surface area contributed by atoms with E-state index in [9.17, 15) is 15.0 Å². The molecular formula is C17H28N2O4S. The van der Waals surface area contributed by atoms with Gasteiger partial charge in [-0.25, -0.2) is 5.48 Å². The van der Waals surface area contributed by atoms with E-state index in [1.807, 2.05) is 17.5 Å². The first-order valence-electron chi connectivity index (χ1n) is 8.48. The Morgan fingerprint density at radius 2 is 2.17 bits per heavy atom. The van der Waals surface area contributed by atoms with Crippen molar-refractivity contribution >= 4 is 17.2 Å². The molecule has 3 unspecified atom stereocenters. The first kappa shape index (κ1) is 19.3. The van der Waals surface area contributed by atoms with Gasteiger partial charge in [0.25, 0.3) is 0 Å². The van der Waals surface area contributed by atoms with Crippen LogP contribution in [-0.4, -0.2) is 39.1 Å². The smallest absolute Gasteiger partial charge is 0.249 e. The molecule has 0 aliphatic heterocycles. The third-order valence-corrected chi connectivity index (χ3v) is 6.10. The fraction of sp³-hybridized carbons (Fsp3) is 0.706. The van der Waals surface area contributed by atoms with Crippen LogP contribution in [0.4, 0.5) is 0 Å². The van der Waals surface area contributed by atoms with Crippen LogP contribution < -0.4 is 11.2 Å². The summed E-state index contributed by atoms with van der Waals surface area (Å²) in [7, 11) is 0. The molecule has 3 atom stereocenters. The minimum atomic E-state index is -1.21. The van der Waals surface area contributed by atoms with Crippen LogP contribution in [0, 0.1) is 11.8 Å². The number of amides is 1. The summed E-state index contributed by atoms with van der Waals surface area (Å²) in [6.45, 7) is 2.12. The minimum absolute atomic E-state index is 0.0316. The van der Waals surface area contributed by atoms with Crippen molar-refractivity contribution in [3.8, 4) is 0 Å². The molecular weight excluding hydrogens is 328 g/mol. The van der Waals surface area contributed by atoms with Gasteiger partial charge in [0.15, 0.2) is 0 Å². The number of aliphatic hydroxyl groups is 2. The predicted molar refractivity (Wildman–Crippen MR) is 92.6 cm³/mol. The van der Waals surface area contributed by atoms with Crippen LogP contribution in [-0.2, 0) is 11.2 Å². The van der Waals surface area contributed by atoms with Gasteiger partial charge in [-0.3, -0.25) is 10.0 Å². The zero-order valence-corrected chi connectivity index (χ0v) is 14.8. The van der Waals surface area contributed by atoms with Crippen LogP contribution in [0.5, 0.6) is 0 Å². The molecule has 1 aromatic rings. The van der Waals surface area contributed by atoms with E-state index in [2.05, 4.69) is 6.92 Å². The third kappa shape index (κ3) is 4.77. The normalized spacial score (nSPS) is 28.1. The Balaban J connectivity index is 2.03. The molecule has 0 spiro atoms. The van der Waals surface area contributed by atoms with Gasteiger partial charge in [-0.2, -0.15) is 0 Å². The number of thiophene rings is 1. The van der Waals surface area contributed by atoms with E-state index in [0.717, 1.165) is 17.7 Å². The van der Waals surface area contributed by atoms with Crippen molar-refractivity contribution < 1.29 is 20.2 Å². The fourth-order valence-electron chi connectivity index (χ4n) is 3.47. The number of aliphatic hydroxyl groups excluding tert-OH is 1. The number of hydroxylamine groups is 1. The molecule has 0 radical (unpaired) electrons.